The fraction of sp³-hybridized carbons (Fsp3) is 0.133. The van der Waals surface area contributed by atoms with E-state index in [2.05, 4.69) is 20.4 Å². The SMILES string of the molecule is O=C(Cn1nnc2ccccc21)Nc1ccc(OC(F)F)cc1. The molecule has 8 heteroatoms. The molecule has 6 nitrogen and oxygen atoms in total. The van der Waals surface area contributed by atoms with Gasteiger partial charge >= 0.3 is 6.61 Å². The number of aromatic nitrogens is 3. The van der Waals surface area contributed by atoms with Crippen LogP contribution in [0, 0.1) is 0 Å². The maximum atomic E-state index is 12.1. The van der Waals surface area contributed by atoms with Crippen LogP contribution < -0.4 is 10.1 Å². The molecule has 0 saturated carbocycles. The Morgan fingerprint density at radius 3 is 2.65 bits per heavy atom. The highest BCUT2D eigenvalue weighted by Gasteiger charge is 2.09. The topological polar surface area (TPSA) is 69.0 Å². The summed E-state index contributed by atoms with van der Waals surface area (Å²) >= 11 is 0. The molecule has 0 saturated heterocycles. The van der Waals surface area contributed by atoms with Crippen LogP contribution in [-0.4, -0.2) is 27.5 Å². The molecule has 0 aliphatic rings. The van der Waals surface area contributed by atoms with Crippen molar-refractivity contribution >= 4 is 22.6 Å². The lowest BCUT2D eigenvalue weighted by Crippen LogP contribution is -2.19. The molecular formula is C15H12F2N4O2. The average Bonchev–Trinajstić information content (AvgIpc) is 2.92. The van der Waals surface area contributed by atoms with Crippen molar-refractivity contribution in [3.8, 4) is 5.75 Å². The van der Waals surface area contributed by atoms with E-state index in [9.17, 15) is 13.6 Å². The number of fused-ring (bicyclic) bond motifs is 1. The van der Waals surface area contributed by atoms with E-state index in [-0.39, 0.29) is 18.2 Å². The van der Waals surface area contributed by atoms with Gasteiger partial charge in [0.1, 0.15) is 17.8 Å². The summed E-state index contributed by atoms with van der Waals surface area (Å²) in [6.45, 7) is -2.88. The smallest absolute Gasteiger partial charge is 0.387 e. The number of amides is 1. The molecule has 0 radical (unpaired) electrons. The number of hydrogen-bond donors (Lipinski definition) is 1. The first-order chi connectivity index (χ1) is 11.1. The zero-order valence-electron chi connectivity index (χ0n) is 11.8. The number of nitrogens with zero attached hydrogens (tertiary/aromatic N) is 3. The van der Waals surface area contributed by atoms with Crippen molar-refractivity contribution in [2.75, 3.05) is 5.32 Å². The Morgan fingerprint density at radius 2 is 1.91 bits per heavy atom. The summed E-state index contributed by atoms with van der Waals surface area (Å²) in [5.41, 5.74) is 1.93. The third-order valence-electron chi connectivity index (χ3n) is 3.08. The van der Waals surface area contributed by atoms with Gasteiger partial charge in [-0.3, -0.25) is 4.79 Å². The second-order valence-corrected chi connectivity index (χ2v) is 4.69. The fourth-order valence-electron chi connectivity index (χ4n) is 2.09. The van der Waals surface area contributed by atoms with Crippen molar-refractivity contribution in [2.24, 2.45) is 0 Å². The zero-order valence-corrected chi connectivity index (χ0v) is 11.8. The van der Waals surface area contributed by atoms with Crippen LogP contribution in [0.2, 0.25) is 0 Å². The van der Waals surface area contributed by atoms with Crippen LogP contribution in [-0.2, 0) is 11.3 Å². The molecule has 3 rings (SSSR count). The summed E-state index contributed by atoms with van der Waals surface area (Å²) in [6.07, 6.45) is 0. The third kappa shape index (κ3) is 3.60. The van der Waals surface area contributed by atoms with Crippen LogP contribution in [0.25, 0.3) is 11.0 Å². The van der Waals surface area contributed by atoms with Crippen LogP contribution in [0.5, 0.6) is 5.75 Å². The van der Waals surface area contributed by atoms with E-state index in [0.717, 1.165) is 5.52 Å². The Hall–Kier alpha value is -3.03. The van der Waals surface area contributed by atoms with Gasteiger partial charge in [-0.25, -0.2) is 4.68 Å². The number of hydrogen-bond acceptors (Lipinski definition) is 4. The first-order valence-corrected chi connectivity index (χ1v) is 6.75. The second-order valence-electron chi connectivity index (χ2n) is 4.69. The predicted octanol–water partition coefficient (Wildman–Crippen LogP) is 2.67. The van der Waals surface area contributed by atoms with E-state index in [1.54, 1.807) is 6.07 Å². The van der Waals surface area contributed by atoms with Gasteiger partial charge in [0.05, 0.1) is 5.52 Å². The number of halogens is 2. The van der Waals surface area contributed by atoms with Crippen LogP contribution in [0.15, 0.2) is 48.5 Å². The minimum Gasteiger partial charge on any atom is -0.435 e. The summed E-state index contributed by atoms with van der Waals surface area (Å²) in [5.74, 6) is -0.275. The lowest BCUT2D eigenvalue weighted by Gasteiger charge is -2.07. The van der Waals surface area contributed by atoms with E-state index in [1.165, 1.54) is 28.9 Å². The number of anilines is 1. The molecule has 1 amide bonds. The summed E-state index contributed by atoms with van der Waals surface area (Å²) in [4.78, 5) is 12.0. The molecule has 0 bridgehead atoms. The fourth-order valence-corrected chi connectivity index (χ4v) is 2.09. The highest BCUT2D eigenvalue weighted by Crippen LogP contribution is 2.18. The number of carbonyl (C=O) groups is 1. The monoisotopic (exact) mass is 318 g/mol. The number of carbonyl (C=O) groups excluding carboxylic acids is 1. The highest BCUT2D eigenvalue weighted by molar-refractivity contribution is 5.91. The molecule has 0 spiro atoms. The van der Waals surface area contributed by atoms with Gasteiger partial charge in [0, 0.05) is 5.69 Å². The number of rotatable bonds is 5. The largest absolute Gasteiger partial charge is 0.435 e. The van der Waals surface area contributed by atoms with E-state index >= 15 is 0 Å². The van der Waals surface area contributed by atoms with Crippen LogP contribution in [0.4, 0.5) is 14.5 Å². The molecule has 0 unspecified atom stereocenters. The first-order valence-electron chi connectivity index (χ1n) is 6.75. The summed E-state index contributed by atoms with van der Waals surface area (Å²) in [6, 6.07) is 13.0. The van der Waals surface area contributed by atoms with Gasteiger partial charge in [0.2, 0.25) is 5.91 Å². The van der Waals surface area contributed by atoms with Crippen molar-refractivity contribution in [3.05, 3.63) is 48.5 Å². The van der Waals surface area contributed by atoms with Crippen molar-refractivity contribution < 1.29 is 18.3 Å². The molecule has 23 heavy (non-hydrogen) atoms. The lowest BCUT2D eigenvalue weighted by atomic mass is 10.3. The average molecular weight is 318 g/mol. The number of nitrogens with one attached hydrogen (secondary N) is 1. The molecule has 1 N–H and O–H groups in total. The molecule has 0 atom stereocenters. The molecule has 3 aromatic rings. The summed E-state index contributed by atoms with van der Waals surface area (Å²) in [7, 11) is 0. The zero-order chi connectivity index (χ0) is 16.2. The van der Waals surface area contributed by atoms with Crippen molar-refractivity contribution in [2.45, 2.75) is 13.2 Å². The van der Waals surface area contributed by atoms with Crippen LogP contribution >= 0.6 is 0 Å². The minimum absolute atomic E-state index is 0.00417. The molecule has 1 aromatic heterocycles. The van der Waals surface area contributed by atoms with Crippen LogP contribution in [0.1, 0.15) is 0 Å². The first kappa shape index (κ1) is 14.9. The van der Waals surface area contributed by atoms with Gasteiger partial charge in [-0.05, 0) is 36.4 Å². The van der Waals surface area contributed by atoms with Gasteiger partial charge in [-0.2, -0.15) is 8.78 Å². The van der Waals surface area contributed by atoms with E-state index in [1.807, 2.05) is 18.2 Å². The maximum Gasteiger partial charge on any atom is 0.387 e. The third-order valence-corrected chi connectivity index (χ3v) is 3.08. The van der Waals surface area contributed by atoms with Crippen molar-refractivity contribution in [3.63, 3.8) is 0 Å². The maximum absolute atomic E-state index is 12.1. The lowest BCUT2D eigenvalue weighted by molar-refractivity contribution is -0.116. The number of ether oxygens (including phenoxy) is 1. The van der Waals surface area contributed by atoms with E-state index in [4.69, 9.17) is 0 Å². The molecule has 1 heterocycles. The quantitative estimate of drug-likeness (QED) is 0.785. The summed E-state index contributed by atoms with van der Waals surface area (Å²) < 4.78 is 29.9. The minimum atomic E-state index is -2.88. The van der Waals surface area contributed by atoms with E-state index < -0.39 is 6.61 Å². The Morgan fingerprint density at radius 1 is 1.17 bits per heavy atom. The molecule has 118 valence electrons. The summed E-state index contributed by atoms with van der Waals surface area (Å²) in [5, 5.41) is 10.5. The molecule has 2 aromatic carbocycles. The van der Waals surface area contributed by atoms with Crippen molar-refractivity contribution in [1.29, 1.82) is 0 Å². The normalized spacial score (nSPS) is 10.9. The standard InChI is InChI=1S/C15H12F2N4O2/c16-15(17)23-11-7-5-10(6-8-11)18-14(22)9-21-13-4-2-1-3-12(13)19-20-21/h1-8,15H,9H2,(H,18,22). The highest BCUT2D eigenvalue weighted by atomic mass is 19.3. The second kappa shape index (κ2) is 6.39. The number of benzene rings is 2. The number of para-hydroxylation sites is 1. The van der Waals surface area contributed by atoms with Gasteiger partial charge in [0.15, 0.2) is 0 Å². The van der Waals surface area contributed by atoms with Gasteiger partial charge in [0.25, 0.3) is 0 Å². The predicted molar refractivity (Wildman–Crippen MR) is 79.2 cm³/mol. The van der Waals surface area contributed by atoms with Crippen LogP contribution in [0.3, 0.4) is 0 Å². The van der Waals surface area contributed by atoms with E-state index in [0.29, 0.717) is 11.2 Å². The van der Waals surface area contributed by atoms with Crippen molar-refractivity contribution in [1.82, 2.24) is 15.0 Å². The Balaban J connectivity index is 1.65. The molecular weight excluding hydrogens is 306 g/mol. The number of alkyl halides is 2. The molecule has 0 aliphatic heterocycles. The molecule has 0 aliphatic carbocycles. The van der Waals surface area contributed by atoms with Gasteiger partial charge in [-0.1, -0.05) is 17.3 Å². The Labute approximate surface area is 129 Å². The molecule has 0 fully saturated rings. The Kier molecular flexibility index (Phi) is 4.13. The van der Waals surface area contributed by atoms with Gasteiger partial charge < -0.3 is 10.1 Å². The Bertz CT molecular complexity index is 818. The van der Waals surface area contributed by atoms with Gasteiger partial charge in [-0.15, -0.1) is 5.10 Å².